The third-order valence-corrected chi connectivity index (χ3v) is 3.69. The highest BCUT2D eigenvalue weighted by molar-refractivity contribution is 4.93. The number of hydrogen-bond acceptors (Lipinski definition) is 3. The van der Waals surface area contributed by atoms with Crippen molar-refractivity contribution < 1.29 is 4.74 Å². The summed E-state index contributed by atoms with van der Waals surface area (Å²) in [5, 5.41) is 3.64. The van der Waals surface area contributed by atoms with Crippen LogP contribution in [0.4, 0.5) is 0 Å². The normalized spacial score (nSPS) is 31.8. The first-order valence-corrected chi connectivity index (χ1v) is 6.47. The molecular weight excluding hydrogens is 188 g/mol. The molecule has 0 unspecified atom stereocenters. The van der Waals surface area contributed by atoms with Gasteiger partial charge in [-0.15, -0.1) is 0 Å². The van der Waals surface area contributed by atoms with Gasteiger partial charge < -0.3 is 10.1 Å². The van der Waals surface area contributed by atoms with Gasteiger partial charge in [-0.3, -0.25) is 4.90 Å². The van der Waals surface area contributed by atoms with Gasteiger partial charge in [0, 0.05) is 44.9 Å². The van der Waals surface area contributed by atoms with Crippen molar-refractivity contribution in [2.75, 3.05) is 32.8 Å². The number of nitrogens with one attached hydrogen (secondary N) is 1. The zero-order valence-corrected chi connectivity index (χ0v) is 9.87. The van der Waals surface area contributed by atoms with Gasteiger partial charge in [-0.25, -0.2) is 0 Å². The largest absolute Gasteiger partial charge is 0.382 e. The van der Waals surface area contributed by atoms with Crippen LogP contribution in [0.1, 0.15) is 32.6 Å². The molecule has 1 heterocycles. The van der Waals surface area contributed by atoms with Gasteiger partial charge in [-0.05, 0) is 26.2 Å². The van der Waals surface area contributed by atoms with E-state index in [4.69, 9.17) is 4.74 Å². The minimum absolute atomic E-state index is 0.783. The van der Waals surface area contributed by atoms with E-state index in [0.717, 1.165) is 25.3 Å². The molecule has 1 saturated heterocycles. The average molecular weight is 212 g/mol. The van der Waals surface area contributed by atoms with Gasteiger partial charge >= 0.3 is 0 Å². The summed E-state index contributed by atoms with van der Waals surface area (Å²) in [7, 11) is 0. The molecule has 0 radical (unpaired) electrons. The van der Waals surface area contributed by atoms with Crippen LogP contribution >= 0.6 is 0 Å². The molecule has 0 aromatic rings. The molecule has 1 N–H and O–H groups in total. The standard InChI is InChI=1S/C12H24N2O/c1-2-15-10-4-8-14-9-7-13-11-5-3-6-12(11)14/h11-13H,2-10H2,1H3/t11-,12+/m1/s1. The highest BCUT2D eigenvalue weighted by atomic mass is 16.5. The maximum absolute atomic E-state index is 5.39. The van der Waals surface area contributed by atoms with E-state index in [1.807, 2.05) is 0 Å². The number of fused-ring (bicyclic) bond motifs is 1. The Labute approximate surface area is 93.2 Å². The second-order valence-corrected chi connectivity index (χ2v) is 4.65. The van der Waals surface area contributed by atoms with Crippen molar-refractivity contribution >= 4 is 0 Å². The number of hydrogen-bond donors (Lipinski definition) is 1. The predicted molar refractivity (Wildman–Crippen MR) is 62.1 cm³/mol. The monoisotopic (exact) mass is 212 g/mol. The molecule has 88 valence electrons. The fourth-order valence-corrected chi connectivity index (χ4v) is 2.97. The van der Waals surface area contributed by atoms with Gasteiger partial charge in [0.1, 0.15) is 0 Å². The summed E-state index contributed by atoms with van der Waals surface area (Å²) in [6.45, 7) is 7.48. The van der Waals surface area contributed by atoms with Crippen molar-refractivity contribution in [3.63, 3.8) is 0 Å². The Hall–Kier alpha value is -0.120. The molecule has 2 atom stereocenters. The summed E-state index contributed by atoms with van der Waals surface area (Å²) < 4.78 is 5.39. The molecule has 15 heavy (non-hydrogen) atoms. The number of ether oxygens (including phenoxy) is 1. The summed E-state index contributed by atoms with van der Waals surface area (Å²) in [5.74, 6) is 0. The molecule has 2 aliphatic rings. The quantitative estimate of drug-likeness (QED) is 0.694. The topological polar surface area (TPSA) is 24.5 Å². The second kappa shape index (κ2) is 5.83. The first kappa shape index (κ1) is 11.4. The van der Waals surface area contributed by atoms with Crippen LogP contribution in [0.25, 0.3) is 0 Å². The molecule has 3 heteroatoms. The van der Waals surface area contributed by atoms with Crippen LogP contribution in [-0.4, -0.2) is 49.8 Å². The Balaban J connectivity index is 1.71. The molecule has 2 rings (SSSR count). The maximum atomic E-state index is 5.39. The Morgan fingerprint density at radius 1 is 1.40 bits per heavy atom. The highest BCUT2D eigenvalue weighted by Crippen LogP contribution is 2.26. The van der Waals surface area contributed by atoms with Gasteiger partial charge in [-0.2, -0.15) is 0 Å². The first-order chi connectivity index (χ1) is 7.42. The van der Waals surface area contributed by atoms with Crippen LogP contribution in [0.2, 0.25) is 0 Å². The summed E-state index contributed by atoms with van der Waals surface area (Å²) >= 11 is 0. The Kier molecular flexibility index (Phi) is 4.42. The summed E-state index contributed by atoms with van der Waals surface area (Å²) in [4.78, 5) is 2.67. The molecule has 0 aromatic heterocycles. The first-order valence-electron chi connectivity index (χ1n) is 6.47. The number of piperazine rings is 1. The second-order valence-electron chi connectivity index (χ2n) is 4.65. The highest BCUT2D eigenvalue weighted by Gasteiger charge is 2.34. The molecule has 0 bridgehead atoms. The molecule has 1 saturated carbocycles. The Bertz CT molecular complexity index is 186. The van der Waals surface area contributed by atoms with E-state index in [-0.39, 0.29) is 0 Å². The smallest absolute Gasteiger partial charge is 0.0478 e. The summed E-state index contributed by atoms with van der Waals surface area (Å²) in [6.07, 6.45) is 5.38. The van der Waals surface area contributed by atoms with Crippen molar-refractivity contribution in [1.82, 2.24) is 10.2 Å². The third-order valence-electron chi connectivity index (χ3n) is 3.69. The van der Waals surface area contributed by atoms with Gasteiger partial charge in [0.05, 0.1) is 0 Å². The lowest BCUT2D eigenvalue weighted by Gasteiger charge is -2.38. The lowest BCUT2D eigenvalue weighted by atomic mass is 10.1. The lowest BCUT2D eigenvalue weighted by Crippen LogP contribution is -2.55. The fraction of sp³-hybridized carbons (Fsp3) is 1.00. The van der Waals surface area contributed by atoms with Crippen molar-refractivity contribution in [3.8, 4) is 0 Å². The fourth-order valence-electron chi connectivity index (χ4n) is 2.97. The SMILES string of the molecule is CCOCCCN1CCN[C@@H]2CCC[C@@H]21. The van der Waals surface area contributed by atoms with Gasteiger partial charge in [-0.1, -0.05) is 6.42 Å². The zero-order chi connectivity index (χ0) is 10.5. The summed E-state index contributed by atoms with van der Waals surface area (Å²) in [6, 6.07) is 1.60. The van der Waals surface area contributed by atoms with E-state index < -0.39 is 0 Å². The zero-order valence-electron chi connectivity index (χ0n) is 9.87. The maximum Gasteiger partial charge on any atom is 0.0478 e. The van der Waals surface area contributed by atoms with Gasteiger partial charge in [0.25, 0.3) is 0 Å². The molecule has 0 spiro atoms. The lowest BCUT2D eigenvalue weighted by molar-refractivity contribution is 0.101. The Morgan fingerprint density at radius 3 is 3.20 bits per heavy atom. The molecule has 2 fully saturated rings. The van der Waals surface area contributed by atoms with Crippen LogP contribution in [0, 0.1) is 0 Å². The predicted octanol–water partition coefficient (Wildman–Crippen LogP) is 1.24. The number of nitrogens with zero attached hydrogens (tertiary/aromatic N) is 1. The van der Waals surface area contributed by atoms with Gasteiger partial charge in [0.2, 0.25) is 0 Å². The van der Waals surface area contributed by atoms with Crippen LogP contribution in [0.3, 0.4) is 0 Å². The van der Waals surface area contributed by atoms with E-state index in [0.29, 0.717) is 0 Å². The van der Waals surface area contributed by atoms with E-state index in [2.05, 4.69) is 17.1 Å². The third kappa shape index (κ3) is 2.92. The summed E-state index contributed by atoms with van der Waals surface area (Å²) in [5.41, 5.74) is 0. The number of rotatable bonds is 5. The Morgan fingerprint density at radius 2 is 2.33 bits per heavy atom. The molecule has 1 aliphatic heterocycles. The minimum atomic E-state index is 0.783. The van der Waals surface area contributed by atoms with E-state index in [1.165, 1.54) is 45.3 Å². The minimum Gasteiger partial charge on any atom is -0.382 e. The van der Waals surface area contributed by atoms with Gasteiger partial charge in [0.15, 0.2) is 0 Å². The molecule has 0 amide bonds. The molecule has 3 nitrogen and oxygen atoms in total. The van der Waals surface area contributed by atoms with E-state index >= 15 is 0 Å². The van der Waals surface area contributed by atoms with Crippen molar-refractivity contribution in [3.05, 3.63) is 0 Å². The van der Waals surface area contributed by atoms with Crippen molar-refractivity contribution in [2.24, 2.45) is 0 Å². The van der Waals surface area contributed by atoms with Crippen LogP contribution in [0.15, 0.2) is 0 Å². The van der Waals surface area contributed by atoms with Crippen LogP contribution < -0.4 is 5.32 Å². The van der Waals surface area contributed by atoms with E-state index in [9.17, 15) is 0 Å². The van der Waals surface area contributed by atoms with E-state index in [1.54, 1.807) is 0 Å². The van der Waals surface area contributed by atoms with Crippen LogP contribution in [-0.2, 0) is 4.74 Å². The molecule has 1 aliphatic carbocycles. The van der Waals surface area contributed by atoms with Crippen molar-refractivity contribution in [2.45, 2.75) is 44.7 Å². The van der Waals surface area contributed by atoms with Crippen LogP contribution in [0.5, 0.6) is 0 Å². The van der Waals surface area contributed by atoms with Crippen molar-refractivity contribution in [1.29, 1.82) is 0 Å². The molecular formula is C12H24N2O. The molecule has 0 aromatic carbocycles. The average Bonchev–Trinajstić information content (AvgIpc) is 2.73.